The number of nitrogens with zero attached hydrogens (tertiary/aromatic N) is 5. The van der Waals surface area contributed by atoms with Gasteiger partial charge in [0.2, 0.25) is 5.91 Å². The van der Waals surface area contributed by atoms with Gasteiger partial charge in [0.05, 0.1) is 16.6 Å². The van der Waals surface area contributed by atoms with E-state index in [9.17, 15) is 19.7 Å². The van der Waals surface area contributed by atoms with Crippen LogP contribution >= 0.6 is 0 Å². The van der Waals surface area contributed by atoms with Crippen LogP contribution in [0.25, 0.3) is 0 Å². The van der Waals surface area contributed by atoms with Gasteiger partial charge in [0, 0.05) is 57.8 Å². The Morgan fingerprint density at radius 3 is 2.33 bits per heavy atom. The van der Waals surface area contributed by atoms with Gasteiger partial charge in [-0.05, 0) is 36.2 Å². The first kappa shape index (κ1) is 23.7. The molecule has 1 fully saturated rings. The Morgan fingerprint density at radius 2 is 1.79 bits per heavy atom. The summed E-state index contributed by atoms with van der Waals surface area (Å²) in [7, 11) is 0. The van der Waals surface area contributed by atoms with Gasteiger partial charge in [0.15, 0.2) is 0 Å². The molecule has 0 radical (unpaired) electrons. The van der Waals surface area contributed by atoms with Gasteiger partial charge in [-0.25, -0.2) is 0 Å². The van der Waals surface area contributed by atoms with Crippen LogP contribution in [0.2, 0.25) is 0 Å². The number of anilines is 1. The van der Waals surface area contributed by atoms with Crippen LogP contribution in [0.15, 0.2) is 42.5 Å². The molecule has 2 amide bonds. The Balaban J connectivity index is 1.82. The lowest BCUT2D eigenvalue weighted by Gasteiger charge is -2.35. The summed E-state index contributed by atoms with van der Waals surface area (Å²) in [5.41, 5.74) is 2.02. The van der Waals surface area contributed by atoms with E-state index < -0.39 is 4.92 Å². The maximum absolute atomic E-state index is 13.2. The molecule has 1 aliphatic rings. The zero-order valence-electron chi connectivity index (χ0n) is 18.9. The van der Waals surface area contributed by atoms with Crippen molar-refractivity contribution in [3.05, 3.63) is 69.3 Å². The summed E-state index contributed by atoms with van der Waals surface area (Å²) in [6.45, 7) is 6.32. The summed E-state index contributed by atoms with van der Waals surface area (Å²) in [5.74, 6) is -0.291. The molecule has 9 nitrogen and oxygen atoms in total. The monoisotopic (exact) mass is 449 g/mol. The fourth-order valence-electron chi connectivity index (χ4n) is 3.94. The number of hydrogen-bond acceptors (Lipinski definition) is 6. The van der Waals surface area contributed by atoms with Crippen molar-refractivity contribution in [2.45, 2.75) is 26.8 Å². The van der Waals surface area contributed by atoms with Gasteiger partial charge in [-0.15, -0.1) is 0 Å². The summed E-state index contributed by atoms with van der Waals surface area (Å²) < 4.78 is 0. The van der Waals surface area contributed by atoms with E-state index in [-0.39, 0.29) is 23.1 Å². The molecule has 0 saturated carbocycles. The zero-order valence-corrected chi connectivity index (χ0v) is 18.9. The summed E-state index contributed by atoms with van der Waals surface area (Å²) >= 11 is 0. The lowest BCUT2D eigenvalue weighted by Crippen LogP contribution is -2.48. The maximum Gasteiger partial charge on any atom is 0.293 e. The fourth-order valence-corrected chi connectivity index (χ4v) is 3.94. The molecule has 0 aromatic heterocycles. The van der Waals surface area contributed by atoms with Gasteiger partial charge in [-0.1, -0.05) is 19.1 Å². The first-order chi connectivity index (χ1) is 15.8. The minimum absolute atomic E-state index is 0.0108. The molecule has 2 aromatic carbocycles. The highest BCUT2D eigenvalue weighted by molar-refractivity contribution is 5.95. The van der Waals surface area contributed by atoms with Gasteiger partial charge >= 0.3 is 0 Å². The molecule has 0 bridgehead atoms. The summed E-state index contributed by atoms with van der Waals surface area (Å²) in [5, 5.41) is 20.8. The van der Waals surface area contributed by atoms with Crippen molar-refractivity contribution in [1.29, 1.82) is 5.26 Å². The van der Waals surface area contributed by atoms with E-state index in [0.29, 0.717) is 50.5 Å². The van der Waals surface area contributed by atoms with E-state index in [2.05, 4.69) is 6.07 Å². The van der Waals surface area contributed by atoms with Crippen LogP contribution < -0.4 is 4.90 Å². The Morgan fingerprint density at radius 1 is 1.12 bits per heavy atom. The number of carbonyl (C=O) groups excluding carboxylic acids is 2. The number of hydrogen-bond donors (Lipinski definition) is 0. The Bertz CT molecular complexity index is 1070. The van der Waals surface area contributed by atoms with Crippen LogP contribution in [-0.2, 0) is 11.3 Å². The van der Waals surface area contributed by atoms with E-state index in [1.807, 2.05) is 11.8 Å². The van der Waals surface area contributed by atoms with Crippen molar-refractivity contribution in [2.24, 2.45) is 0 Å². The average molecular weight is 450 g/mol. The molecule has 2 aromatic rings. The van der Waals surface area contributed by atoms with Crippen molar-refractivity contribution in [3.8, 4) is 6.07 Å². The molecular weight excluding hydrogens is 422 g/mol. The molecule has 172 valence electrons. The number of nitro groups is 1. The SMILES string of the molecule is CCCN(Cc1ccc(C#N)cc1)C(=O)c1ccc(N2CCN(C(C)=O)CC2)c([N+](=O)[O-])c1. The van der Waals surface area contributed by atoms with Crippen LogP contribution in [0.5, 0.6) is 0 Å². The van der Waals surface area contributed by atoms with Crippen molar-refractivity contribution in [2.75, 3.05) is 37.6 Å². The summed E-state index contributed by atoms with van der Waals surface area (Å²) in [4.78, 5) is 41.4. The predicted octanol–water partition coefficient (Wildman–Crippen LogP) is 3.19. The Labute approximate surface area is 193 Å². The molecular formula is C24H27N5O4. The molecule has 0 spiro atoms. The highest BCUT2D eigenvalue weighted by atomic mass is 16.6. The smallest absolute Gasteiger partial charge is 0.293 e. The molecule has 33 heavy (non-hydrogen) atoms. The topological polar surface area (TPSA) is 111 Å². The van der Waals surface area contributed by atoms with Gasteiger partial charge in [0.25, 0.3) is 11.6 Å². The van der Waals surface area contributed by atoms with Crippen molar-refractivity contribution < 1.29 is 14.5 Å². The Hall–Kier alpha value is -3.93. The Kier molecular flexibility index (Phi) is 7.61. The number of piperazine rings is 1. The maximum atomic E-state index is 13.2. The second kappa shape index (κ2) is 10.6. The second-order valence-corrected chi connectivity index (χ2v) is 7.99. The van der Waals surface area contributed by atoms with Crippen molar-refractivity contribution in [1.82, 2.24) is 9.80 Å². The zero-order chi connectivity index (χ0) is 24.0. The first-order valence-corrected chi connectivity index (χ1v) is 10.9. The molecule has 1 aliphatic heterocycles. The van der Waals surface area contributed by atoms with Gasteiger partial charge in [-0.3, -0.25) is 19.7 Å². The molecule has 0 aliphatic carbocycles. The molecule has 1 heterocycles. The quantitative estimate of drug-likeness (QED) is 0.474. The molecule has 9 heteroatoms. The second-order valence-electron chi connectivity index (χ2n) is 7.99. The lowest BCUT2D eigenvalue weighted by molar-refractivity contribution is -0.384. The third-order valence-corrected chi connectivity index (χ3v) is 5.72. The number of nitriles is 1. The normalized spacial score (nSPS) is 13.4. The summed E-state index contributed by atoms with van der Waals surface area (Å²) in [6, 6.07) is 13.7. The average Bonchev–Trinajstić information content (AvgIpc) is 2.83. The standard InChI is InChI=1S/C24H27N5O4/c1-3-10-28(17-20-6-4-19(16-25)5-7-20)24(31)21-8-9-22(23(15-21)29(32)33)27-13-11-26(12-14-27)18(2)30/h4-9,15H,3,10-14,17H2,1-2H3. The van der Waals surface area contributed by atoms with Crippen LogP contribution in [0.1, 0.15) is 41.8 Å². The lowest BCUT2D eigenvalue weighted by atomic mass is 10.1. The van der Waals surface area contributed by atoms with Crippen LogP contribution in [0.4, 0.5) is 11.4 Å². The van der Waals surface area contributed by atoms with Gasteiger partial charge in [0.1, 0.15) is 5.69 Å². The highest BCUT2D eigenvalue weighted by Gasteiger charge is 2.27. The van der Waals surface area contributed by atoms with Crippen molar-refractivity contribution >= 4 is 23.2 Å². The van der Waals surface area contributed by atoms with E-state index in [0.717, 1.165) is 12.0 Å². The van der Waals surface area contributed by atoms with E-state index in [1.165, 1.54) is 13.0 Å². The van der Waals surface area contributed by atoms with Crippen LogP contribution in [0, 0.1) is 21.4 Å². The van der Waals surface area contributed by atoms with Crippen LogP contribution in [0.3, 0.4) is 0 Å². The molecule has 1 saturated heterocycles. The highest BCUT2D eigenvalue weighted by Crippen LogP contribution is 2.31. The van der Waals surface area contributed by atoms with Gasteiger partial charge in [-0.2, -0.15) is 5.26 Å². The number of amides is 2. The van der Waals surface area contributed by atoms with Crippen molar-refractivity contribution in [3.63, 3.8) is 0 Å². The minimum atomic E-state index is -0.464. The largest absolute Gasteiger partial charge is 0.362 e. The van der Waals surface area contributed by atoms with E-state index >= 15 is 0 Å². The number of carbonyl (C=O) groups is 2. The number of benzene rings is 2. The number of nitro benzene ring substituents is 1. The third-order valence-electron chi connectivity index (χ3n) is 5.72. The van der Waals surface area contributed by atoms with E-state index in [1.54, 1.807) is 46.2 Å². The molecule has 0 unspecified atom stereocenters. The fraction of sp³-hybridized carbons (Fsp3) is 0.375. The minimum Gasteiger partial charge on any atom is -0.362 e. The van der Waals surface area contributed by atoms with E-state index in [4.69, 9.17) is 5.26 Å². The number of rotatable bonds is 7. The summed E-state index contributed by atoms with van der Waals surface area (Å²) in [6.07, 6.45) is 0.739. The molecule has 0 N–H and O–H groups in total. The van der Waals surface area contributed by atoms with Crippen LogP contribution in [-0.4, -0.2) is 59.3 Å². The molecule has 0 atom stereocenters. The van der Waals surface area contributed by atoms with Gasteiger partial charge < -0.3 is 14.7 Å². The first-order valence-electron chi connectivity index (χ1n) is 10.9. The molecule has 3 rings (SSSR count). The predicted molar refractivity (Wildman–Crippen MR) is 124 cm³/mol. The third kappa shape index (κ3) is 5.66.